The lowest BCUT2D eigenvalue weighted by molar-refractivity contribution is -0.114. The Labute approximate surface area is 130 Å². The number of carbonyl (C=O) groups is 1. The number of anilines is 1. The Kier molecular flexibility index (Phi) is 3.92. The third-order valence-corrected chi connectivity index (χ3v) is 3.52. The fourth-order valence-electron chi connectivity index (χ4n) is 2.55. The van der Waals surface area contributed by atoms with Gasteiger partial charge in [0, 0.05) is 6.42 Å². The van der Waals surface area contributed by atoms with Crippen LogP contribution >= 0.6 is 0 Å². The van der Waals surface area contributed by atoms with Crippen molar-refractivity contribution in [3.63, 3.8) is 0 Å². The number of amides is 1. The number of carbonyl (C=O) groups excluding carboxylic acids is 1. The van der Waals surface area contributed by atoms with E-state index in [1.807, 2.05) is 68.5 Å². The zero-order chi connectivity index (χ0) is 15.5. The van der Waals surface area contributed by atoms with Crippen LogP contribution in [-0.4, -0.2) is 17.7 Å². The van der Waals surface area contributed by atoms with E-state index in [-0.39, 0.29) is 12.0 Å². The van der Waals surface area contributed by atoms with E-state index in [2.05, 4.69) is 5.10 Å². The predicted molar refractivity (Wildman–Crippen MR) is 87.5 cm³/mol. The molecule has 0 saturated carbocycles. The minimum atomic E-state index is -0.131. The van der Waals surface area contributed by atoms with Gasteiger partial charge in [0.05, 0.1) is 11.4 Å². The lowest BCUT2D eigenvalue weighted by Crippen LogP contribution is -2.26. The van der Waals surface area contributed by atoms with Crippen molar-refractivity contribution in [2.75, 3.05) is 5.01 Å². The number of hydrazone groups is 1. The lowest BCUT2D eigenvalue weighted by atomic mass is 10.0. The van der Waals surface area contributed by atoms with Gasteiger partial charge in [-0.2, -0.15) is 10.1 Å². The van der Waals surface area contributed by atoms with Gasteiger partial charge in [-0.05, 0) is 32.1 Å². The van der Waals surface area contributed by atoms with Crippen molar-refractivity contribution in [2.24, 2.45) is 5.10 Å². The molecule has 0 fully saturated rings. The third kappa shape index (κ3) is 2.60. The number of ether oxygens (including phenoxy) is 1. The predicted octanol–water partition coefficient (Wildman–Crippen LogP) is 3.58. The molecule has 3 rings (SSSR count). The van der Waals surface area contributed by atoms with Gasteiger partial charge in [-0.15, -0.1) is 0 Å². The normalized spacial score (nSPS) is 21.5. The summed E-state index contributed by atoms with van der Waals surface area (Å²) in [4.78, 5) is 12.7. The number of hydrogen-bond acceptors (Lipinski definition) is 3. The second kappa shape index (κ2) is 6.02. The van der Waals surface area contributed by atoms with Crippen LogP contribution in [0.1, 0.15) is 20.3 Å². The molecule has 1 aromatic carbocycles. The summed E-state index contributed by atoms with van der Waals surface area (Å²) < 4.78 is 5.83. The van der Waals surface area contributed by atoms with E-state index in [9.17, 15) is 4.79 Å². The van der Waals surface area contributed by atoms with Crippen molar-refractivity contribution in [1.29, 1.82) is 0 Å². The summed E-state index contributed by atoms with van der Waals surface area (Å²) in [5.41, 5.74) is 2.14. The maximum Gasteiger partial charge on any atom is 0.284 e. The number of rotatable bonds is 3. The van der Waals surface area contributed by atoms with Crippen LogP contribution in [0.4, 0.5) is 5.69 Å². The van der Waals surface area contributed by atoms with E-state index in [1.165, 1.54) is 5.01 Å². The highest BCUT2D eigenvalue weighted by atomic mass is 16.5. The minimum absolute atomic E-state index is 0.0104. The van der Waals surface area contributed by atoms with Crippen molar-refractivity contribution >= 4 is 17.3 Å². The summed E-state index contributed by atoms with van der Waals surface area (Å²) in [7, 11) is 0. The monoisotopic (exact) mass is 294 g/mol. The fourth-order valence-corrected chi connectivity index (χ4v) is 2.55. The Bertz CT molecular complexity index is 699. The van der Waals surface area contributed by atoms with Crippen molar-refractivity contribution < 1.29 is 9.53 Å². The van der Waals surface area contributed by atoms with Gasteiger partial charge in [0.2, 0.25) is 0 Å². The molecular weight excluding hydrogens is 276 g/mol. The standard InChI is InChI=1S/C18H18N2O2/c1-3-4-6-11-16-17-15(12-13(2)22-16)19-20(18(17)21)14-9-7-5-8-10-14/h3-11,13H,12H2,1-2H3. The average Bonchev–Trinajstić information content (AvgIpc) is 2.85. The molecule has 0 radical (unpaired) electrons. The van der Waals surface area contributed by atoms with E-state index in [4.69, 9.17) is 4.74 Å². The molecule has 2 heterocycles. The van der Waals surface area contributed by atoms with Crippen LogP contribution < -0.4 is 5.01 Å². The summed E-state index contributed by atoms with van der Waals surface area (Å²) in [6.07, 6.45) is 8.18. The van der Waals surface area contributed by atoms with E-state index >= 15 is 0 Å². The molecule has 4 heteroatoms. The molecule has 2 aliphatic rings. The van der Waals surface area contributed by atoms with Crippen LogP contribution in [0.2, 0.25) is 0 Å². The molecule has 0 aromatic heterocycles. The third-order valence-electron chi connectivity index (χ3n) is 3.52. The largest absolute Gasteiger partial charge is 0.489 e. The topological polar surface area (TPSA) is 41.9 Å². The van der Waals surface area contributed by atoms with Crippen molar-refractivity contribution in [1.82, 2.24) is 0 Å². The van der Waals surface area contributed by atoms with Gasteiger partial charge < -0.3 is 4.74 Å². The van der Waals surface area contributed by atoms with E-state index in [1.54, 1.807) is 0 Å². The van der Waals surface area contributed by atoms with Crippen LogP contribution in [0, 0.1) is 0 Å². The molecule has 1 aromatic rings. The highest BCUT2D eigenvalue weighted by molar-refractivity contribution is 6.31. The Morgan fingerprint density at radius 2 is 2.05 bits per heavy atom. The number of nitrogens with zero attached hydrogens (tertiary/aromatic N) is 2. The van der Waals surface area contributed by atoms with Crippen LogP contribution in [0.3, 0.4) is 0 Å². The molecule has 0 N–H and O–H groups in total. The summed E-state index contributed by atoms with van der Waals surface area (Å²) in [6.45, 7) is 3.93. The summed E-state index contributed by atoms with van der Waals surface area (Å²) in [6, 6.07) is 9.45. The first-order valence-electron chi connectivity index (χ1n) is 7.38. The highest BCUT2D eigenvalue weighted by Crippen LogP contribution is 2.31. The molecule has 0 spiro atoms. The van der Waals surface area contributed by atoms with Gasteiger partial charge >= 0.3 is 0 Å². The van der Waals surface area contributed by atoms with Gasteiger partial charge in [-0.1, -0.05) is 36.4 Å². The quantitative estimate of drug-likeness (QED) is 0.800. The minimum Gasteiger partial charge on any atom is -0.489 e. The first-order chi connectivity index (χ1) is 10.7. The maximum atomic E-state index is 12.7. The molecule has 2 aliphatic heterocycles. The maximum absolute atomic E-state index is 12.7. The molecular formula is C18H18N2O2. The molecule has 4 nitrogen and oxygen atoms in total. The molecule has 1 atom stereocenters. The number of fused-ring (bicyclic) bond motifs is 1. The van der Waals surface area contributed by atoms with E-state index in [0.29, 0.717) is 17.8 Å². The van der Waals surface area contributed by atoms with Crippen molar-refractivity contribution in [2.45, 2.75) is 26.4 Å². The molecule has 0 bridgehead atoms. The first-order valence-corrected chi connectivity index (χ1v) is 7.38. The molecule has 1 amide bonds. The second-order valence-electron chi connectivity index (χ2n) is 5.26. The van der Waals surface area contributed by atoms with Crippen LogP contribution in [0.25, 0.3) is 0 Å². The summed E-state index contributed by atoms with van der Waals surface area (Å²) in [5, 5.41) is 5.95. The van der Waals surface area contributed by atoms with Crippen LogP contribution in [0.15, 0.2) is 71.1 Å². The van der Waals surface area contributed by atoms with Crippen molar-refractivity contribution in [3.05, 3.63) is 66.0 Å². The lowest BCUT2D eigenvalue weighted by Gasteiger charge is -2.22. The van der Waals surface area contributed by atoms with Gasteiger partial charge in [0.25, 0.3) is 5.91 Å². The molecule has 0 aliphatic carbocycles. The zero-order valence-electron chi connectivity index (χ0n) is 12.7. The van der Waals surface area contributed by atoms with Crippen LogP contribution in [-0.2, 0) is 9.53 Å². The first kappa shape index (κ1) is 14.3. The van der Waals surface area contributed by atoms with E-state index < -0.39 is 0 Å². The van der Waals surface area contributed by atoms with Gasteiger partial charge in [0.1, 0.15) is 17.4 Å². The Morgan fingerprint density at radius 3 is 2.77 bits per heavy atom. The summed E-state index contributed by atoms with van der Waals surface area (Å²) >= 11 is 0. The number of benzene rings is 1. The smallest absolute Gasteiger partial charge is 0.284 e. The molecule has 112 valence electrons. The SMILES string of the molecule is CC=CC=CC1=C2C(=O)N(c3ccccc3)N=C2CC(C)O1. The molecule has 0 saturated heterocycles. The zero-order valence-corrected chi connectivity index (χ0v) is 12.7. The second-order valence-corrected chi connectivity index (χ2v) is 5.26. The number of allylic oxidation sites excluding steroid dienone is 4. The number of para-hydroxylation sites is 1. The van der Waals surface area contributed by atoms with Crippen LogP contribution in [0.5, 0.6) is 0 Å². The Balaban J connectivity index is 2.01. The van der Waals surface area contributed by atoms with E-state index in [0.717, 1.165) is 11.4 Å². The fraction of sp³-hybridized carbons (Fsp3) is 0.222. The highest BCUT2D eigenvalue weighted by Gasteiger charge is 2.37. The molecule has 1 unspecified atom stereocenters. The Hall–Kier alpha value is -2.62. The van der Waals surface area contributed by atoms with Crippen molar-refractivity contribution in [3.8, 4) is 0 Å². The average molecular weight is 294 g/mol. The van der Waals surface area contributed by atoms with Gasteiger partial charge in [-0.3, -0.25) is 4.79 Å². The number of hydrogen-bond donors (Lipinski definition) is 0. The Morgan fingerprint density at radius 1 is 1.27 bits per heavy atom. The summed E-state index contributed by atoms with van der Waals surface area (Å²) in [5.74, 6) is 0.465. The van der Waals surface area contributed by atoms with Gasteiger partial charge in [0.15, 0.2) is 0 Å². The van der Waals surface area contributed by atoms with Gasteiger partial charge in [-0.25, -0.2) is 0 Å². The molecule has 22 heavy (non-hydrogen) atoms.